The number of halogens is 2. The highest BCUT2D eigenvalue weighted by Crippen LogP contribution is 2.21. The molecule has 0 saturated carbocycles. The van der Waals surface area contributed by atoms with Crippen molar-refractivity contribution >= 4 is 21.8 Å². The normalized spacial score (nSPS) is 23.1. The topological polar surface area (TPSA) is 52.6 Å². The van der Waals surface area contributed by atoms with Crippen molar-refractivity contribution in [1.29, 1.82) is 0 Å². The highest BCUT2D eigenvalue weighted by molar-refractivity contribution is 9.10. The number of likely N-dealkylation sites (N-methyl/N-ethyl adjacent to an activating group) is 1. The standard InChI is InChI=1S/C12H14BrFN2O2/c1-16(10-5-15-6-11(10)17)12(18)8-4-7(14)2-3-9(8)13/h2-4,10-11,15,17H,5-6H2,1H3/t10-,11-/m0/s1. The average molecular weight is 317 g/mol. The second-order valence-corrected chi connectivity index (χ2v) is 5.19. The van der Waals surface area contributed by atoms with E-state index in [-0.39, 0.29) is 17.5 Å². The van der Waals surface area contributed by atoms with Gasteiger partial charge in [0.25, 0.3) is 5.91 Å². The van der Waals surface area contributed by atoms with E-state index in [0.717, 1.165) is 0 Å². The smallest absolute Gasteiger partial charge is 0.255 e. The van der Waals surface area contributed by atoms with Crippen molar-refractivity contribution in [3.8, 4) is 0 Å². The predicted molar refractivity (Wildman–Crippen MR) is 68.9 cm³/mol. The molecule has 1 aliphatic heterocycles. The van der Waals surface area contributed by atoms with Crippen molar-refractivity contribution in [3.05, 3.63) is 34.1 Å². The molecule has 0 aromatic heterocycles. The van der Waals surface area contributed by atoms with Gasteiger partial charge in [-0.2, -0.15) is 0 Å². The lowest BCUT2D eigenvalue weighted by Crippen LogP contribution is -2.44. The van der Waals surface area contributed by atoms with Crippen LogP contribution in [-0.4, -0.2) is 48.2 Å². The number of β-amino-alcohol motifs (C(OH)–C–C–N with tert-alkyl or cyclic N) is 1. The van der Waals surface area contributed by atoms with Crippen LogP contribution in [0, 0.1) is 5.82 Å². The van der Waals surface area contributed by atoms with Gasteiger partial charge in [-0.05, 0) is 34.1 Å². The molecule has 0 bridgehead atoms. The van der Waals surface area contributed by atoms with Crippen LogP contribution in [0.15, 0.2) is 22.7 Å². The number of aliphatic hydroxyl groups is 1. The maximum Gasteiger partial charge on any atom is 0.255 e. The quantitative estimate of drug-likeness (QED) is 0.855. The molecule has 1 heterocycles. The number of hydrogen-bond acceptors (Lipinski definition) is 3. The largest absolute Gasteiger partial charge is 0.390 e. The Balaban J connectivity index is 2.22. The lowest BCUT2D eigenvalue weighted by Gasteiger charge is -2.26. The molecule has 2 rings (SSSR count). The first-order chi connectivity index (χ1) is 8.50. The van der Waals surface area contributed by atoms with Crippen LogP contribution in [0.1, 0.15) is 10.4 Å². The number of nitrogens with one attached hydrogen (secondary N) is 1. The first-order valence-electron chi connectivity index (χ1n) is 5.61. The van der Waals surface area contributed by atoms with E-state index in [0.29, 0.717) is 17.6 Å². The van der Waals surface area contributed by atoms with E-state index in [1.54, 1.807) is 7.05 Å². The SMILES string of the molecule is CN(C(=O)c1cc(F)ccc1Br)[C@H]1CNC[C@@H]1O. The lowest BCUT2D eigenvalue weighted by molar-refractivity contribution is 0.0580. The van der Waals surface area contributed by atoms with Crippen LogP contribution in [0.5, 0.6) is 0 Å². The minimum Gasteiger partial charge on any atom is -0.390 e. The van der Waals surface area contributed by atoms with Gasteiger partial charge in [0.1, 0.15) is 5.82 Å². The van der Waals surface area contributed by atoms with Gasteiger partial charge in [0, 0.05) is 24.6 Å². The minimum atomic E-state index is -0.591. The molecule has 4 nitrogen and oxygen atoms in total. The third-order valence-corrected chi connectivity index (χ3v) is 3.82. The molecule has 1 saturated heterocycles. The summed E-state index contributed by atoms with van der Waals surface area (Å²) >= 11 is 3.23. The summed E-state index contributed by atoms with van der Waals surface area (Å²) in [5, 5.41) is 12.7. The summed E-state index contributed by atoms with van der Waals surface area (Å²) in [6.07, 6.45) is -0.591. The van der Waals surface area contributed by atoms with E-state index in [9.17, 15) is 14.3 Å². The molecule has 1 aromatic rings. The molecule has 1 fully saturated rings. The summed E-state index contributed by atoms with van der Waals surface area (Å²) < 4.78 is 13.7. The van der Waals surface area contributed by atoms with Crippen molar-refractivity contribution in [2.24, 2.45) is 0 Å². The maximum absolute atomic E-state index is 13.2. The van der Waals surface area contributed by atoms with Crippen LogP contribution in [-0.2, 0) is 0 Å². The predicted octanol–water partition coefficient (Wildman–Crippen LogP) is 0.993. The number of carbonyl (C=O) groups excluding carboxylic acids is 1. The number of hydrogen-bond donors (Lipinski definition) is 2. The zero-order chi connectivity index (χ0) is 13.3. The number of aliphatic hydroxyl groups excluding tert-OH is 1. The lowest BCUT2D eigenvalue weighted by atomic mass is 10.1. The second-order valence-electron chi connectivity index (χ2n) is 4.33. The number of nitrogens with zero attached hydrogens (tertiary/aromatic N) is 1. The molecule has 0 unspecified atom stereocenters. The van der Waals surface area contributed by atoms with Crippen molar-refractivity contribution in [2.45, 2.75) is 12.1 Å². The number of amides is 1. The van der Waals surface area contributed by atoms with Crippen LogP contribution in [0.2, 0.25) is 0 Å². The molecule has 0 spiro atoms. The summed E-state index contributed by atoms with van der Waals surface area (Å²) in [7, 11) is 1.61. The molecule has 2 atom stereocenters. The van der Waals surface area contributed by atoms with E-state index in [2.05, 4.69) is 21.2 Å². The molecule has 0 aliphatic carbocycles. The van der Waals surface area contributed by atoms with Crippen LogP contribution in [0.4, 0.5) is 4.39 Å². The van der Waals surface area contributed by atoms with Gasteiger partial charge in [0.2, 0.25) is 0 Å². The fourth-order valence-corrected chi connectivity index (χ4v) is 2.46. The average Bonchev–Trinajstić information content (AvgIpc) is 2.77. The Kier molecular flexibility index (Phi) is 3.99. The fourth-order valence-electron chi connectivity index (χ4n) is 2.05. The zero-order valence-corrected chi connectivity index (χ0v) is 11.4. The van der Waals surface area contributed by atoms with E-state index >= 15 is 0 Å². The highest BCUT2D eigenvalue weighted by atomic mass is 79.9. The Labute approximate surface area is 113 Å². The molecule has 1 amide bonds. The molecule has 1 aromatic carbocycles. The Morgan fingerprint density at radius 1 is 1.56 bits per heavy atom. The Morgan fingerprint density at radius 3 is 2.89 bits per heavy atom. The molecular weight excluding hydrogens is 303 g/mol. The highest BCUT2D eigenvalue weighted by Gasteiger charge is 2.32. The minimum absolute atomic E-state index is 0.261. The van der Waals surface area contributed by atoms with Crippen LogP contribution >= 0.6 is 15.9 Å². The zero-order valence-electron chi connectivity index (χ0n) is 9.86. The summed E-state index contributed by atoms with van der Waals surface area (Å²) in [5.41, 5.74) is 0.261. The third-order valence-electron chi connectivity index (χ3n) is 3.13. The van der Waals surface area contributed by atoms with E-state index in [1.165, 1.54) is 23.1 Å². The van der Waals surface area contributed by atoms with Crippen LogP contribution in [0.25, 0.3) is 0 Å². The summed E-state index contributed by atoms with van der Waals surface area (Å²) in [5.74, 6) is -0.769. The van der Waals surface area contributed by atoms with Crippen molar-refractivity contribution in [3.63, 3.8) is 0 Å². The van der Waals surface area contributed by atoms with Crippen LogP contribution < -0.4 is 5.32 Å². The number of carbonyl (C=O) groups is 1. The van der Waals surface area contributed by atoms with Gasteiger partial charge in [-0.25, -0.2) is 4.39 Å². The first kappa shape index (κ1) is 13.5. The summed E-state index contributed by atoms with van der Waals surface area (Å²) in [6.45, 7) is 1.00. The molecular formula is C12H14BrFN2O2. The van der Waals surface area contributed by atoms with Gasteiger partial charge in [0.15, 0.2) is 0 Å². The van der Waals surface area contributed by atoms with Crippen molar-refractivity contribution in [1.82, 2.24) is 10.2 Å². The molecule has 6 heteroatoms. The van der Waals surface area contributed by atoms with Gasteiger partial charge in [-0.15, -0.1) is 0 Å². The second kappa shape index (κ2) is 5.34. The van der Waals surface area contributed by atoms with Gasteiger partial charge >= 0.3 is 0 Å². The van der Waals surface area contributed by atoms with Gasteiger partial charge in [0.05, 0.1) is 17.7 Å². The molecule has 1 aliphatic rings. The van der Waals surface area contributed by atoms with E-state index in [1.807, 2.05) is 0 Å². The van der Waals surface area contributed by atoms with Crippen molar-refractivity contribution < 1.29 is 14.3 Å². The fraction of sp³-hybridized carbons (Fsp3) is 0.417. The van der Waals surface area contributed by atoms with E-state index in [4.69, 9.17) is 0 Å². The van der Waals surface area contributed by atoms with E-state index < -0.39 is 11.9 Å². The first-order valence-corrected chi connectivity index (χ1v) is 6.41. The van der Waals surface area contributed by atoms with Gasteiger partial charge in [-0.3, -0.25) is 4.79 Å². The Hall–Kier alpha value is -0.980. The molecule has 2 N–H and O–H groups in total. The summed E-state index contributed by atoms with van der Waals surface area (Å²) in [6, 6.07) is 3.69. The number of rotatable bonds is 2. The van der Waals surface area contributed by atoms with Crippen LogP contribution in [0.3, 0.4) is 0 Å². The molecule has 0 radical (unpaired) electrons. The monoisotopic (exact) mass is 316 g/mol. The Bertz CT molecular complexity index is 469. The number of benzene rings is 1. The van der Waals surface area contributed by atoms with Gasteiger partial charge < -0.3 is 15.3 Å². The molecule has 18 heavy (non-hydrogen) atoms. The third kappa shape index (κ3) is 2.55. The summed E-state index contributed by atoms with van der Waals surface area (Å²) in [4.78, 5) is 13.7. The Morgan fingerprint density at radius 2 is 2.28 bits per heavy atom. The maximum atomic E-state index is 13.2. The van der Waals surface area contributed by atoms with Crippen molar-refractivity contribution in [2.75, 3.05) is 20.1 Å². The van der Waals surface area contributed by atoms with Gasteiger partial charge in [-0.1, -0.05) is 0 Å². The molecule has 98 valence electrons.